The van der Waals surface area contributed by atoms with Gasteiger partial charge in [0, 0.05) is 7.05 Å². The van der Waals surface area contributed by atoms with Crippen LogP contribution in [0.2, 0.25) is 0 Å². The molecule has 1 rings (SSSR count). The van der Waals surface area contributed by atoms with Gasteiger partial charge in [-0.2, -0.15) is 13.2 Å². The van der Waals surface area contributed by atoms with Gasteiger partial charge in [-0.05, 0) is 19.1 Å². The number of alkyl halides is 3. The van der Waals surface area contributed by atoms with Crippen LogP contribution in [0.3, 0.4) is 0 Å². The van der Waals surface area contributed by atoms with E-state index >= 15 is 0 Å². The number of ether oxygens (including phenoxy) is 1. The van der Waals surface area contributed by atoms with Crippen molar-refractivity contribution in [2.45, 2.75) is 19.2 Å². The van der Waals surface area contributed by atoms with Crippen LogP contribution in [0, 0.1) is 0 Å². The van der Waals surface area contributed by atoms with Crippen LogP contribution in [-0.2, 0) is 0 Å². The molecule has 118 valence electrons. The van der Waals surface area contributed by atoms with E-state index in [0.29, 0.717) is 18.0 Å². The van der Waals surface area contributed by atoms with Gasteiger partial charge < -0.3 is 20.1 Å². The van der Waals surface area contributed by atoms with Crippen molar-refractivity contribution in [2.24, 2.45) is 0 Å². The number of nitrogens with zero attached hydrogens (tertiary/aromatic N) is 1. The minimum absolute atomic E-state index is 0.345. The molecule has 1 unspecified atom stereocenters. The van der Waals surface area contributed by atoms with Crippen LogP contribution in [0.1, 0.15) is 6.92 Å². The predicted molar refractivity (Wildman–Crippen MR) is 71.3 cm³/mol. The third kappa shape index (κ3) is 5.14. The van der Waals surface area contributed by atoms with E-state index in [1.165, 1.54) is 0 Å². The first kappa shape index (κ1) is 17.1. The maximum atomic E-state index is 12.2. The summed E-state index contributed by atoms with van der Waals surface area (Å²) < 4.78 is 42.0. The van der Waals surface area contributed by atoms with Gasteiger partial charge in [0.05, 0.1) is 18.8 Å². The van der Waals surface area contributed by atoms with Crippen molar-refractivity contribution in [1.82, 2.24) is 4.90 Å². The molecule has 0 saturated heterocycles. The van der Waals surface area contributed by atoms with Gasteiger partial charge in [-0.3, -0.25) is 0 Å². The Labute approximate surface area is 120 Å². The number of aliphatic hydroxyl groups is 1. The Kier molecular flexibility index (Phi) is 5.83. The average molecular weight is 306 g/mol. The maximum absolute atomic E-state index is 12.2. The summed E-state index contributed by atoms with van der Waals surface area (Å²) in [7, 11) is 1.16. The molecular weight excluding hydrogens is 289 g/mol. The molecule has 0 aliphatic rings. The van der Waals surface area contributed by atoms with Gasteiger partial charge in [0.25, 0.3) is 0 Å². The first-order chi connectivity index (χ1) is 9.75. The smallest absolute Gasteiger partial charge is 0.416 e. The minimum Gasteiger partial charge on any atom is -0.492 e. The van der Waals surface area contributed by atoms with Crippen molar-refractivity contribution in [3.8, 4) is 5.75 Å². The topological polar surface area (TPSA) is 61.8 Å². The van der Waals surface area contributed by atoms with Crippen molar-refractivity contribution in [3.63, 3.8) is 0 Å². The maximum Gasteiger partial charge on any atom is 0.416 e. The largest absolute Gasteiger partial charge is 0.492 e. The van der Waals surface area contributed by atoms with E-state index in [9.17, 15) is 18.0 Å². The second kappa shape index (κ2) is 7.16. The molecule has 0 aliphatic heterocycles. The number of anilines is 1. The minimum atomic E-state index is -4.77. The number of carbonyl (C=O) groups excluding carboxylic acids is 1. The molecule has 0 fully saturated rings. The fourth-order valence-electron chi connectivity index (χ4n) is 1.51. The molecule has 1 aromatic carbocycles. The van der Waals surface area contributed by atoms with Gasteiger partial charge in [0.2, 0.25) is 0 Å². The van der Waals surface area contributed by atoms with E-state index in [1.807, 2.05) is 0 Å². The molecule has 8 heteroatoms. The lowest BCUT2D eigenvalue weighted by atomic mass is 10.3. The fraction of sp³-hybridized carbons (Fsp3) is 0.462. The summed E-state index contributed by atoms with van der Waals surface area (Å²) >= 11 is 0. The number of hydrogen-bond acceptors (Lipinski definition) is 3. The molecule has 0 heterocycles. The van der Waals surface area contributed by atoms with Crippen LogP contribution < -0.4 is 10.1 Å². The number of benzene rings is 1. The molecule has 0 aliphatic carbocycles. The van der Waals surface area contributed by atoms with Crippen molar-refractivity contribution in [3.05, 3.63) is 24.3 Å². The number of urea groups is 1. The number of rotatable bonds is 5. The molecule has 21 heavy (non-hydrogen) atoms. The molecule has 0 saturated carbocycles. The van der Waals surface area contributed by atoms with Gasteiger partial charge in [0.1, 0.15) is 5.75 Å². The van der Waals surface area contributed by atoms with Crippen LogP contribution in [0.4, 0.5) is 23.7 Å². The Balaban J connectivity index is 2.68. The number of likely N-dealkylation sites (N-methyl/N-ethyl adjacent to an activating group) is 1. The third-order valence-electron chi connectivity index (χ3n) is 2.60. The molecule has 0 aromatic heterocycles. The van der Waals surface area contributed by atoms with Gasteiger partial charge in [-0.25, -0.2) is 4.79 Å². The van der Waals surface area contributed by atoms with Crippen molar-refractivity contribution < 1.29 is 27.8 Å². The van der Waals surface area contributed by atoms with E-state index < -0.39 is 24.9 Å². The number of aliphatic hydroxyl groups excluding tert-OH is 1. The number of nitrogens with one attached hydrogen (secondary N) is 1. The van der Waals surface area contributed by atoms with Crippen LogP contribution in [0.5, 0.6) is 5.75 Å². The first-order valence-electron chi connectivity index (χ1n) is 6.24. The molecule has 5 nitrogen and oxygen atoms in total. The van der Waals surface area contributed by atoms with Gasteiger partial charge >= 0.3 is 12.2 Å². The number of para-hydroxylation sites is 2. The van der Waals surface area contributed by atoms with Crippen LogP contribution in [-0.4, -0.2) is 48.5 Å². The zero-order chi connectivity index (χ0) is 16.0. The highest BCUT2D eigenvalue weighted by molar-refractivity contribution is 5.90. The highest BCUT2D eigenvalue weighted by atomic mass is 19.4. The zero-order valence-corrected chi connectivity index (χ0v) is 11.6. The van der Waals surface area contributed by atoms with E-state index in [0.717, 1.165) is 11.9 Å². The number of amides is 2. The Morgan fingerprint density at radius 3 is 2.62 bits per heavy atom. The van der Waals surface area contributed by atoms with Crippen LogP contribution in [0.25, 0.3) is 0 Å². The molecular formula is C13H17F3N2O3. The lowest BCUT2D eigenvalue weighted by molar-refractivity contribution is -0.205. The second-order valence-electron chi connectivity index (χ2n) is 4.30. The highest BCUT2D eigenvalue weighted by Gasteiger charge is 2.39. The van der Waals surface area contributed by atoms with Crippen molar-refractivity contribution in [2.75, 3.05) is 25.5 Å². The summed E-state index contributed by atoms with van der Waals surface area (Å²) in [6, 6.07) is 5.78. The average Bonchev–Trinajstić information content (AvgIpc) is 2.40. The van der Waals surface area contributed by atoms with E-state index in [1.54, 1.807) is 31.2 Å². The summed E-state index contributed by atoms with van der Waals surface area (Å²) in [5.41, 5.74) is 0.345. The molecule has 0 radical (unpaired) electrons. The molecule has 2 amide bonds. The Morgan fingerprint density at radius 2 is 2.05 bits per heavy atom. The summed E-state index contributed by atoms with van der Waals surface area (Å²) in [6.45, 7) is 1.30. The Hall–Kier alpha value is -1.96. The van der Waals surface area contributed by atoms with Crippen LogP contribution in [0.15, 0.2) is 24.3 Å². The van der Waals surface area contributed by atoms with E-state index in [-0.39, 0.29) is 0 Å². The SMILES string of the molecule is CCOc1ccccc1NC(=O)N(C)CC(O)C(F)(F)F. The summed E-state index contributed by atoms with van der Waals surface area (Å²) in [4.78, 5) is 12.6. The number of carbonyl (C=O) groups is 1. The Bertz CT molecular complexity index is 480. The molecule has 1 aromatic rings. The van der Waals surface area contributed by atoms with Gasteiger partial charge in [0.15, 0.2) is 6.10 Å². The number of hydrogen-bond donors (Lipinski definition) is 2. The van der Waals surface area contributed by atoms with Crippen LogP contribution >= 0.6 is 0 Å². The summed E-state index contributed by atoms with van der Waals surface area (Å²) in [5, 5.41) is 11.4. The van der Waals surface area contributed by atoms with E-state index in [4.69, 9.17) is 9.84 Å². The van der Waals surface area contributed by atoms with Gasteiger partial charge in [-0.1, -0.05) is 12.1 Å². The van der Waals surface area contributed by atoms with Crippen molar-refractivity contribution >= 4 is 11.7 Å². The Morgan fingerprint density at radius 1 is 1.43 bits per heavy atom. The third-order valence-corrected chi connectivity index (χ3v) is 2.60. The summed E-state index contributed by atoms with van der Waals surface area (Å²) in [6.07, 6.45) is -7.35. The molecule has 2 N–H and O–H groups in total. The second-order valence-corrected chi connectivity index (χ2v) is 4.30. The quantitative estimate of drug-likeness (QED) is 0.878. The van der Waals surface area contributed by atoms with Crippen molar-refractivity contribution in [1.29, 1.82) is 0 Å². The molecule has 0 spiro atoms. The molecule has 1 atom stereocenters. The fourth-order valence-corrected chi connectivity index (χ4v) is 1.51. The van der Waals surface area contributed by atoms with Gasteiger partial charge in [-0.15, -0.1) is 0 Å². The predicted octanol–water partition coefficient (Wildman–Crippen LogP) is 2.47. The normalized spacial score (nSPS) is 12.7. The van der Waals surface area contributed by atoms with E-state index in [2.05, 4.69) is 5.32 Å². The number of halogens is 3. The standard InChI is InChI=1S/C13H17F3N2O3/c1-3-21-10-7-5-4-6-9(10)17-12(20)18(2)8-11(19)13(14,15)16/h4-7,11,19H,3,8H2,1-2H3,(H,17,20). The first-order valence-corrected chi connectivity index (χ1v) is 6.24. The lowest BCUT2D eigenvalue weighted by Crippen LogP contribution is -2.43. The molecule has 0 bridgehead atoms. The summed E-state index contributed by atoms with van der Waals surface area (Å²) in [5.74, 6) is 0.415. The zero-order valence-electron chi connectivity index (χ0n) is 11.6. The lowest BCUT2D eigenvalue weighted by Gasteiger charge is -2.23. The monoisotopic (exact) mass is 306 g/mol. The highest BCUT2D eigenvalue weighted by Crippen LogP contribution is 2.24.